The third-order valence-electron chi connectivity index (χ3n) is 8.70. The second kappa shape index (κ2) is 28.7. The Kier molecular flexibility index (Phi) is 26.6. The summed E-state index contributed by atoms with van der Waals surface area (Å²) in [5, 5.41) is 0. The molecule has 5 heteroatoms. The molecule has 0 amide bonds. The Morgan fingerprint density at radius 2 is 0.881 bits per heavy atom. The predicted molar refractivity (Wildman–Crippen MR) is 176 cm³/mol. The van der Waals surface area contributed by atoms with E-state index in [9.17, 15) is 9.59 Å². The molecule has 0 N–H and O–H groups in total. The van der Waals surface area contributed by atoms with E-state index in [0.29, 0.717) is 25.0 Å². The van der Waals surface area contributed by atoms with Gasteiger partial charge in [-0.2, -0.15) is 0 Å². The number of esters is 2. The van der Waals surface area contributed by atoms with Crippen molar-refractivity contribution in [3.8, 4) is 0 Å². The molecule has 1 saturated heterocycles. The van der Waals surface area contributed by atoms with Crippen molar-refractivity contribution in [2.45, 2.75) is 219 Å². The van der Waals surface area contributed by atoms with Crippen LogP contribution in [0.15, 0.2) is 0 Å². The molecule has 248 valence electrons. The largest absolute Gasteiger partial charge is 0.462 e. The maximum absolute atomic E-state index is 12.1. The van der Waals surface area contributed by atoms with Gasteiger partial charge in [-0.25, -0.2) is 0 Å². The Hall–Kier alpha value is -1.10. The number of hydrogen-bond acceptors (Lipinski definition) is 5. The summed E-state index contributed by atoms with van der Waals surface area (Å²) >= 11 is 0. The summed E-state index contributed by atoms with van der Waals surface area (Å²) in [6.07, 6.45) is 34.5. The lowest BCUT2D eigenvalue weighted by Crippen LogP contribution is -2.22. The van der Waals surface area contributed by atoms with Crippen molar-refractivity contribution in [3.05, 3.63) is 0 Å². The molecule has 0 aliphatic carbocycles. The molecule has 0 bridgehead atoms. The minimum atomic E-state index is -0.379. The van der Waals surface area contributed by atoms with E-state index in [1.165, 1.54) is 135 Å². The third kappa shape index (κ3) is 25.4. The molecule has 0 spiro atoms. The van der Waals surface area contributed by atoms with Gasteiger partial charge in [-0.3, -0.25) is 9.59 Å². The predicted octanol–water partition coefficient (Wildman–Crippen LogP) is 11.2. The molecule has 5 nitrogen and oxygen atoms in total. The minimum Gasteiger partial charge on any atom is -0.462 e. The molecule has 1 rings (SSSR count). The zero-order chi connectivity index (χ0) is 30.5. The highest BCUT2D eigenvalue weighted by atomic mass is 16.6. The van der Waals surface area contributed by atoms with Gasteiger partial charge in [0.2, 0.25) is 0 Å². The Bertz CT molecular complexity index is 621. The van der Waals surface area contributed by atoms with Gasteiger partial charge in [0.15, 0.2) is 0 Å². The van der Waals surface area contributed by atoms with Crippen molar-refractivity contribution in [2.75, 3.05) is 6.61 Å². The first-order valence-electron chi connectivity index (χ1n) is 18.6. The highest BCUT2D eigenvalue weighted by Gasteiger charge is 2.36. The fraction of sp³-hybridized carbons (Fsp3) is 0.946. The van der Waals surface area contributed by atoms with Crippen molar-refractivity contribution < 1.29 is 23.8 Å². The van der Waals surface area contributed by atoms with Crippen LogP contribution < -0.4 is 0 Å². The molecule has 0 radical (unpaired) electrons. The standard InChI is InChI=1S/C37H70O5/c1-4-6-8-10-12-13-14-15-16-17-18-22-26-30-36(38)40-32-33(3)41-37(39)31-27-23-19-21-25-29-35-34(42-35)28-24-20-11-9-7-5-2/h33-35H,4-32H2,1-3H3. The number of unbranched alkanes of at least 4 members (excludes halogenated alkanes) is 21. The molecule has 1 fully saturated rings. The molecule has 0 aromatic heterocycles. The summed E-state index contributed by atoms with van der Waals surface area (Å²) in [5.74, 6) is -0.356. The second-order valence-corrected chi connectivity index (χ2v) is 13.1. The van der Waals surface area contributed by atoms with Gasteiger partial charge < -0.3 is 14.2 Å². The molecule has 42 heavy (non-hydrogen) atoms. The van der Waals surface area contributed by atoms with Crippen LogP contribution >= 0.6 is 0 Å². The number of carbonyl (C=O) groups excluding carboxylic acids is 2. The maximum atomic E-state index is 12.1. The van der Waals surface area contributed by atoms with Crippen LogP contribution in [0.1, 0.15) is 201 Å². The van der Waals surface area contributed by atoms with Crippen molar-refractivity contribution in [3.63, 3.8) is 0 Å². The summed E-state index contributed by atoms with van der Waals surface area (Å²) in [4.78, 5) is 24.1. The number of carbonyl (C=O) groups is 2. The minimum absolute atomic E-state index is 0.159. The van der Waals surface area contributed by atoms with Crippen LogP contribution in [0.25, 0.3) is 0 Å². The summed E-state index contributed by atoms with van der Waals surface area (Å²) in [7, 11) is 0. The summed E-state index contributed by atoms with van der Waals surface area (Å²) in [6.45, 7) is 6.49. The van der Waals surface area contributed by atoms with Gasteiger partial charge in [-0.1, -0.05) is 155 Å². The normalized spacial score (nSPS) is 16.8. The molecular weight excluding hydrogens is 524 g/mol. The lowest BCUT2D eigenvalue weighted by molar-refractivity contribution is -0.158. The van der Waals surface area contributed by atoms with Crippen molar-refractivity contribution in [1.82, 2.24) is 0 Å². The SMILES string of the molecule is CCCCCCCCCCCCCCCC(=O)OCC(C)OC(=O)CCCCCCCC1OC1CCCCCCCC. The van der Waals surface area contributed by atoms with Gasteiger partial charge in [-0.15, -0.1) is 0 Å². The quantitative estimate of drug-likeness (QED) is 0.0440. The fourth-order valence-electron chi connectivity index (χ4n) is 5.84. The van der Waals surface area contributed by atoms with Gasteiger partial charge in [-0.05, 0) is 32.6 Å². The van der Waals surface area contributed by atoms with E-state index in [1.54, 1.807) is 6.92 Å². The summed E-state index contributed by atoms with van der Waals surface area (Å²) in [6, 6.07) is 0. The summed E-state index contributed by atoms with van der Waals surface area (Å²) in [5.41, 5.74) is 0. The van der Waals surface area contributed by atoms with Crippen LogP contribution in [0.4, 0.5) is 0 Å². The smallest absolute Gasteiger partial charge is 0.306 e. The first-order valence-corrected chi connectivity index (χ1v) is 18.6. The fourth-order valence-corrected chi connectivity index (χ4v) is 5.84. The number of rotatable bonds is 32. The zero-order valence-corrected chi connectivity index (χ0v) is 28.3. The van der Waals surface area contributed by atoms with Gasteiger partial charge in [0, 0.05) is 12.8 Å². The first-order chi connectivity index (χ1) is 20.6. The molecule has 0 saturated carbocycles. The number of ether oxygens (including phenoxy) is 3. The van der Waals surface area contributed by atoms with Crippen LogP contribution in [0.2, 0.25) is 0 Å². The van der Waals surface area contributed by atoms with Gasteiger partial charge >= 0.3 is 11.9 Å². The highest BCUT2D eigenvalue weighted by Crippen LogP contribution is 2.32. The van der Waals surface area contributed by atoms with E-state index in [1.807, 2.05) is 0 Å². The molecule has 0 aromatic rings. The Morgan fingerprint density at radius 1 is 0.524 bits per heavy atom. The number of hydrogen-bond donors (Lipinski definition) is 0. The number of epoxide rings is 1. The molecule has 0 aromatic carbocycles. The third-order valence-corrected chi connectivity index (χ3v) is 8.70. The highest BCUT2D eigenvalue weighted by molar-refractivity contribution is 5.70. The molecule has 3 unspecified atom stereocenters. The lowest BCUT2D eigenvalue weighted by Gasteiger charge is -2.13. The van der Waals surface area contributed by atoms with Crippen molar-refractivity contribution in [1.29, 1.82) is 0 Å². The first kappa shape index (κ1) is 38.9. The van der Waals surface area contributed by atoms with E-state index < -0.39 is 0 Å². The van der Waals surface area contributed by atoms with Crippen LogP contribution in [0.5, 0.6) is 0 Å². The molecule has 3 atom stereocenters. The van der Waals surface area contributed by atoms with E-state index in [0.717, 1.165) is 32.1 Å². The monoisotopic (exact) mass is 595 g/mol. The Morgan fingerprint density at radius 3 is 1.31 bits per heavy atom. The van der Waals surface area contributed by atoms with Crippen LogP contribution in [-0.2, 0) is 23.8 Å². The lowest BCUT2D eigenvalue weighted by atomic mass is 10.0. The van der Waals surface area contributed by atoms with Crippen LogP contribution in [0, 0.1) is 0 Å². The van der Waals surface area contributed by atoms with Gasteiger partial charge in [0.05, 0.1) is 12.2 Å². The van der Waals surface area contributed by atoms with Gasteiger partial charge in [0.1, 0.15) is 12.7 Å². The van der Waals surface area contributed by atoms with E-state index in [-0.39, 0.29) is 24.6 Å². The Balaban J connectivity index is 1.82. The van der Waals surface area contributed by atoms with E-state index in [4.69, 9.17) is 14.2 Å². The van der Waals surface area contributed by atoms with Crippen LogP contribution in [-0.4, -0.2) is 36.9 Å². The van der Waals surface area contributed by atoms with Crippen LogP contribution in [0.3, 0.4) is 0 Å². The molecular formula is C37H70O5. The van der Waals surface area contributed by atoms with Gasteiger partial charge in [0.25, 0.3) is 0 Å². The van der Waals surface area contributed by atoms with E-state index in [2.05, 4.69) is 13.8 Å². The molecule has 1 heterocycles. The second-order valence-electron chi connectivity index (χ2n) is 13.1. The van der Waals surface area contributed by atoms with E-state index >= 15 is 0 Å². The zero-order valence-electron chi connectivity index (χ0n) is 28.3. The maximum Gasteiger partial charge on any atom is 0.306 e. The van der Waals surface area contributed by atoms with Crippen molar-refractivity contribution in [2.24, 2.45) is 0 Å². The Labute approximate surface area is 261 Å². The molecule has 1 aliphatic heterocycles. The summed E-state index contributed by atoms with van der Waals surface area (Å²) < 4.78 is 16.6. The topological polar surface area (TPSA) is 65.1 Å². The average Bonchev–Trinajstić information content (AvgIpc) is 3.73. The molecule has 1 aliphatic rings. The average molecular weight is 595 g/mol. The van der Waals surface area contributed by atoms with Crippen molar-refractivity contribution >= 4 is 11.9 Å².